The van der Waals surface area contributed by atoms with Crippen molar-refractivity contribution >= 4 is 21.8 Å². The van der Waals surface area contributed by atoms with Gasteiger partial charge >= 0.3 is 0 Å². The van der Waals surface area contributed by atoms with Gasteiger partial charge in [-0.25, -0.2) is 12.8 Å². The van der Waals surface area contributed by atoms with E-state index in [0.29, 0.717) is 5.56 Å². The lowest BCUT2D eigenvalue weighted by atomic mass is 10.2. The lowest BCUT2D eigenvalue weighted by Gasteiger charge is -2.25. The van der Waals surface area contributed by atoms with Crippen molar-refractivity contribution in [2.75, 3.05) is 0 Å². The summed E-state index contributed by atoms with van der Waals surface area (Å²) in [6.45, 7) is 1.77. The second kappa shape index (κ2) is 5.78. The van der Waals surface area contributed by atoms with Crippen LogP contribution in [0.15, 0.2) is 65.0 Å². The number of sulfonamides is 1. The molecule has 1 heterocycles. The summed E-state index contributed by atoms with van der Waals surface area (Å²) in [5.41, 5.74) is 1.44. The first-order valence-electron chi connectivity index (χ1n) is 6.67. The molecule has 2 aromatic carbocycles. The Morgan fingerprint density at radius 3 is 2.45 bits per heavy atom. The van der Waals surface area contributed by atoms with E-state index in [9.17, 15) is 12.8 Å². The molecule has 2 aromatic rings. The molecule has 0 bridgehead atoms. The number of nitrogens with zero attached hydrogens (tertiary/aromatic N) is 1. The second-order valence-electron chi connectivity index (χ2n) is 4.93. The molecular formula is C16H14FNO2S2. The minimum Gasteiger partial charge on any atom is -0.255 e. The van der Waals surface area contributed by atoms with Crippen molar-refractivity contribution in [2.24, 2.45) is 0 Å². The first-order valence-corrected chi connectivity index (χ1v) is 9.05. The van der Waals surface area contributed by atoms with Gasteiger partial charge in [0, 0.05) is 6.20 Å². The van der Waals surface area contributed by atoms with E-state index in [4.69, 9.17) is 0 Å². The van der Waals surface area contributed by atoms with Gasteiger partial charge in [-0.15, -0.1) is 11.8 Å². The molecule has 1 unspecified atom stereocenters. The molecule has 0 radical (unpaired) electrons. The average Bonchev–Trinajstić information content (AvgIpc) is 2.98. The molecule has 0 amide bonds. The fourth-order valence-corrected chi connectivity index (χ4v) is 5.29. The molecule has 0 saturated heterocycles. The van der Waals surface area contributed by atoms with Gasteiger partial charge < -0.3 is 0 Å². The van der Waals surface area contributed by atoms with Crippen molar-refractivity contribution in [3.05, 3.63) is 77.1 Å². The van der Waals surface area contributed by atoms with E-state index >= 15 is 0 Å². The van der Waals surface area contributed by atoms with Gasteiger partial charge in [-0.2, -0.15) is 0 Å². The number of rotatable bonds is 3. The van der Waals surface area contributed by atoms with Crippen LogP contribution in [0, 0.1) is 12.7 Å². The summed E-state index contributed by atoms with van der Waals surface area (Å²) in [6, 6.07) is 12.8. The van der Waals surface area contributed by atoms with Crippen molar-refractivity contribution in [1.29, 1.82) is 0 Å². The fourth-order valence-electron chi connectivity index (χ4n) is 2.33. The third-order valence-corrected chi connectivity index (χ3v) is 6.52. The van der Waals surface area contributed by atoms with Crippen LogP contribution in [0.5, 0.6) is 0 Å². The maximum absolute atomic E-state index is 13.1. The second-order valence-corrected chi connectivity index (χ2v) is 7.73. The lowest BCUT2D eigenvalue weighted by Crippen LogP contribution is -2.27. The number of aryl methyl sites for hydroxylation is 1. The molecule has 6 heteroatoms. The van der Waals surface area contributed by atoms with Gasteiger partial charge in [0.25, 0.3) is 10.0 Å². The molecule has 0 fully saturated rings. The molecule has 0 aromatic heterocycles. The predicted octanol–water partition coefficient (Wildman–Crippen LogP) is 4.04. The fraction of sp³-hybridized carbons (Fsp3) is 0.125. The topological polar surface area (TPSA) is 37.4 Å². The van der Waals surface area contributed by atoms with Crippen LogP contribution in [0.3, 0.4) is 0 Å². The van der Waals surface area contributed by atoms with Crippen LogP contribution in [0.1, 0.15) is 16.5 Å². The van der Waals surface area contributed by atoms with Gasteiger partial charge in [0.1, 0.15) is 11.2 Å². The summed E-state index contributed by atoms with van der Waals surface area (Å²) in [7, 11) is -3.64. The minimum absolute atomic E-state index is 0.286. The number of hydrogen-bond acceptors (Lipinski definition) is 3. The molecule has 1 aliphatic heterocycles. The summed E-state index contributed by atoms with van der Waals surface area (Å²) in [5, 5.41) is 1.33. The molecule has 0 saturated carbocycles. The summed E-state index contributed by atoms with van der Waals surface area (Å²) >= 11 is 1.38. The Labute approximate surface area is 133 Å². The zero-order chi connectivity index (χ0) is 15.7. The third kappa shape index (κ3) is 2.64. The van der Waals surface area contributed by atoms with Gasteiger partial charge in [0.05, 0.1) is 4.90 Å². The molecule has 0 aliphatic carbocycles. The van der Waals surface area contributed by atoms with Crippen molar-refractivity contribution in [3.8, 4) is 0 Å². The van der Waals surface area contributed by atoms with Crippen molar-refractivity contribution in [2.45, 2.75) is 17.2 Å². The highest BCUT2D eigenvalue weighted by atomic mass is 32.2. The van der Waals surface area contributed by atoms with Gasteiger partial charge in [0.2, 0.25) is 0 Å². The predicted molar refractivity (Wildman–Crippen MR) is 86.1 cm³/mol. The lowest BCUT2D eigenvalue weighted by molar-refractivity contribution is 0.493. The van der Waals surface area contributed by atoms with Gasteiger partial charge in [0.15, 0.2) is 0 Å². The Morgan fingerprint density at radius 1 is 1.09 bits per heavy atom. The largest absolute Gasteiger partial charge is 0.265 e. The van der Waals surface area contributed by atoms with E-state index in [1.165, 1.54) is 28.2 Å². The smallest absolute Gasteiger partial charge is 0.255 e. The molecule has 1 atom stereocenters. The normalized spacial score (nSPS) is 17.9. The molecule has 114 valence electrons. The third-order valence-electron chi connectivity index (χ3n) is 3.45. The summed E-state index contributed by atoms with van der Waals surface area (Å²) in [5.74, 6) is -0.340. The van der Waals surface area contributed by atoms with Gasteiger partial charge in [-0.1, -0.05) is 30.3 Å². The number of benzene rings is 2. The van der Waals surface area contributed by atoms with Crippen LogP contribution in [0.4, 0.5) is 4.39 Å². The van der Waals surface area contributed by atoms with Gasteiger partial charge in [-0.3, -0.25) is 4.31 Å². The summed E-state index contributed by atoms with van der Waals surface area (Å²) < 4.78 is 40.2. The highest BCUT2D eigenvalue weighted by molar-refractivity contribution is 8.03. The Bertz CT molecular complexity index is 816. The molecule has 22 heavy (non-hydrogen) atoms. The Hall–Kier alpha value is -1.79. The van der Waals surface area contributed by atoms with E-state index in [2.05, 4.69) is 0 Å². The Balaban J connectivity index is 2.01. The highest BCUT2D eigenvalue weighted by Crippen LogP contribution is 2.42. The van der Waals surface area contributed by atoms with Crippen LogP contribution in [-0.4, -0.2) is 12.7 Å². The molecule has 0 N–H and O–H groups in total. The summed E-state index contributed by atoms with van der Waals surface area (Å²) in [4.78, 5) is 0.286. The van der Waals surface area contributed by atoms with Crippen molar-refractivity contribution < 1.29 is 12.8 Å². The molecular weight excluding hydrogens is 321 g/mol. The molecule has 3 rings (SSSR count). The standard InChI is InChI=1S/C16H14FNO2S2/c1-12-4-2-3-5-15(12)22(19,20)18-10-11-21-16(18)13-6-8-14(17)9-7-13/h2-11,16H,1H3. The maximum atomic E-state index is 13.1. The molecule has 0 spiro atoms. The maximum Gasteiger partial charge on any atom is 0.265 e. The van der Waals surface area contributed by atoms with E-state index in [-0.39, 0.29) is 10.7 Å². The van der Waals surface area contributed by atoms with E-state index in [1.807, 2.05) is 0 Å². The van der Waals surface area contributed by atoms with E-state index in [0.717, 1.165) is 5.56 Å². The zero-order valence-electron chi connectivity index (χ0n) is 11.8. The average molecular weight is 335 g/mol. The van der Waals surface area contributed by atoms with E-state index in [1.54, 1.807) is 54.9 Å². The van der Waals surface area contributed by atoms with Crippen LogP contribution >= 0.6 is 11.8 Å². The van der Waals surface area contributed by atoms with E-state index < -0.39 is 15.4 Å². The van der Waals surface area contributed by atoms with Crippen molar-refractivity contribution in [3.63, 3.8) is 0 Å². The van der Waals surface area contributed by atoms with Crippen molar-refractivity contribution in [1.82, 2.24) is 4.31 Å². The van der Waals surface area contributed by atoms with Crippen LogP contribution < -0.4 is 0 Å². The Morgan fingerprint density at radius 2 is 1.77 bits per heavy atom. The first kappa shape index (κ1) is 15.1. The molecule has 1 aliphatic rings. The zero-order valence-corrected chi connectivity index (χ0v) is 13.4. The molecule has 3 nitrogen and oxygen atoms in total. The Kier molecular flexibility index (Phi) is 3.97. The first-order chi connectivity index (χ1) is 10.5. The van der Waals surface area contributed by atoms with Gasteiger partial charge in [-0.05, 0) is 41.7 Å². The minimum atomic E-state index is -3.64. The number of thioether (sulfide) groups is 1. The number of halogens is 1. The van der Waals surface area contributed by atoms with Crippen LogP contribution in [-0.2, 0) is 10.0 Å². The van der Waals surface area contributed by atoms with Crippen LogP contribution in [0.25, 0.3) is 0 Å². The summed E-state index contributed by atoms with van der Waals surface area (Å²) in [6.07, 6.45) is 1.56. The SMILES string of the molecule is Cc1ccccc1S(=O)(=O)N1C=CSC1c1ccc(F)cc1. The quantitative estimate of drug-likeness (QED) is 0.849. The monoisotopic (exact) mass is 335 g/mol. The highest BCUT2D eigenvalue weighted by Gasteiger charge is 2.33. The number of hydrogen-bond donors (Lipinski definition) is 0. The van der Waals surface area contributed by atoms with Crippen LogP contribution in [0.2, 0.25) is 0 Å².